The number of aromatic nitrogens is 3. The zero-order valence-electron chi connectivity index (χ0n) is 21.6. The highest BCUT2D eigenvalue weighted by Crippen LogP contribution is 2.39. The predicted molar refractivity (Wildman–Crippen MR) is 144 cm³/mol. The molecule has 13 heteroatoms. The Morgan fingerprint density at radius 2 is 2.15 bits per heavy atom. The van der Waals surface area contributed by atoms with E-state index in [-0.39, 0.29) is 29.8 Å². The maximum absolute atomic E-state index is 13.6. The van der Waals surface area contributed by atoms with Gasteiger partial charge in [0.15, 0.2) is 11.6 Å². The van der Waals surface area contributed by atoms with Crippen molar-refractivity contribution < 1.29 is 23.8 Å². The SMILES string of the molecule is CC1(C)OC[C@H](COc2ccnc(NC(=O)N3c4nc(C(=O)NCc5cscn5)ccc4N4CCC3C4)c2)O1. The standard InChI is InChI=1S/C26H29N7O5S/c1-26(2)37-13-19(38-26)12-36-18-5-7-27-22(9-18)31-25(35)33-17-6-8-32(11-17)21-4-3-20(30-23(21)33)24(34)28-10-16-14-39-15-29-16/h3-5,7,9,14-15,17,19H,6,8,10-13H2,1-2H3,(H,28,34)(H,27,31,35)/t17?,19-/m0/s1. The van der Waals surface area contributed by atoms with Crippen molar-refractivity contribution in [2.75, 3.05) is 41.4 Å². The molecule has 3 amide bonds. The predicted octanol–water partition coefficient (Wildman–Crippen LogP) is 3.02. The molecule has 6 rings (SSSR count). The lowest BCUT2D eigenvalue weighted by molar-refractivity contribution is -0.141. The number of hydrogen-bond acceptors (Lipinski definition) is 10. The fourth-order valence-corrected chi connectivity index (χ4v) is 5.52. The summed E-state index contributed by atoms with van der Waals surface area (Å²) in [6, 6.07) is 6.49. The van der Waals surface area contributed by atoms with Crippen LogP contribution in [0.1, 0.15) is 36.5 Å². The number of pyridine rings is 2. The van der Waals surface area contributed by atoms with Gasteiger partial charge in [0.1, 0.15) is 30.0 Å². The molecule has 2 fully saturated rings. The van der Waals surface area contributed by atoms with E-state index >= 15 is 0 Å². The van der Waals surface area contributed by atoms with E-state index in [0.29, 0.717) is 43.7 Å². The van der Waals surface area contributed by atoms with Crippen LogP contribution in [-0.2, 0) is 16.0 Å². The first-order chi connectivity index (χ1) is 18.8. The molecule has 3 aromatic heterocycles. The van der Waals surface area contributed by atoms with Crippen LogP contribution in [0.3, 0.4) is 0 Å². The molecule has 3 aliphatic rings. The van der Waals surface area contributed by atoms with Crippen molar-refractivity contribution in [3.8, 4) is 5.75 Å². The third-order valence-electron chi connectivity index (χ3n) is 6.79. The average molecular weight is 552 g/mol. The number of rotatable bonds is 7. The Morgan fingerprint density at radius 3 is 2.95 bits per heavy atom. The van der Waals surface area contributed by atoms with Gasteiger partial charge in [-0.2, -0.15) is 0 Å². The van der Waals surface area contributed by atoms with Crippen LogP contribution < -0.4 is 25.2 Å². The fourth-order valence-electron chi connectivity index (χ4n) is 4.96. The summed E-state index contributed by atoms with van der Waals surface area (Å²) in [7, 11) is 0. The van der Waals surface area contributed by atoms with Gasteiger partial charge < -0.3 is 24.4 Å². The summed E-state index contributed by atoms with van der Waals surface area (Å²) in [5.74, 6) is 0.404. The Hall–Kier alpha value is -3.81. The second kappa shape index (κ2) is 10.4. The number of anilines is 3. The Balaban J connectivity index is 1.16. The van der Waals surface area contributed by atoms with Crippen LogP contribution in [0.25, 0.3) is 0 Å². The third kappa shape index (κ3) is 5.51. The molecule has 0 aromatic carbocycles. The molecule has 2 N–H and O–H groups in total. The van der Waals surface area contributed by atoms with Gasteiger partial charge in [0.05, 0.1) is 36.1 Å². The average Bonchev–Trinajstić information content (AvgIpc) is 3.67. The number of carbonyl (C=O) groups is 2. The molecule has 3 aromatic rings. The topological polar surface area (TPSA) is 131 Å². The number of fused-ring (bicyclic) bond motifs is 4. The van der Waals surface area contributed by atoms with E-state index in [1.165, 1.54) is 11.3 Å². The zero-order valence-corrected chi connectivity index (χ0v) is 22.4. The summed E-state index contributed by atoms with van der Waals surface area (Å²) in [6.07, 6.45) is 2.19. The first kappa shape index (κ1) is 25.5. The van der Waals surface area contributed by atoms with Crippen LogP contribution in [0.4, 0.5) is 22.1 Å². The molecular formula is C26H29N7O5S. The Bertz CT molecular complexity index is 1370. The first-order valence-corrected chi connectivity index (χ1v) is 13.7. The number of nitrogens with zero attached hydrogens (tertiary/aromatic N) is 5. The number of amides is 3. The van der Waals surface area contributed by atoms with Crippen LogP contribution >= 0.6 is 11.3 Å². The number of urea groups is 1. The minimum atomic E-state index is -0.623. The number of carbonyl (C=O) groups excluding carboxylic acids is 2. The molecule has 12 nitrogen and oxygen atoms in total. The van der Waals surface area contributed by atoms with Crippen molar-refractivity contribution >= 4 is 40.6 Å². The lowest BCUT2D eigenvalue weighted by atomic mass is 10.1. The summed E-state index contributed by atoms with van der Waals surface area (Å²) in [5, 5.41) is 7.60. The Kier molecular flexibility index (Phi) is 6.79. The minimum Gasteiger partial charge on any atom is -0.491 e. The summed E-state index contributed by atoms with van der Waals surface area (Å²) < 4.78 is 17.2. The summed E-state index contributed by atoms with van der Waals surface area (Å²) in [4.78, 5) is 43.3. The zero-order chi connectivity index (χ0) is 27.0. The molecule has 204 valence electrons. The molecule has 0 aliphatic carbocycles. The second-order valence-electron chi connectivity index (χ2n) is 10.0. The highest BCUT2D eigenvalue weighted by atomic mass is 32.1. The first-order valence-electron chi connectivity index (χ1n) is 12.8. The van der Waals surface area contributed by atoms with Crippen LogP contribution in [0.5, 0.6) is 5.75 Å². The lowest BCUT2D eigenvalue weighted by Gasteiger charge is -2.35. The molecule has 3 aliphatic heterocycles. The number of thiazole rings is 1. The highest BCUT2D eigenvalue weighted by Gasteiger charge is 2.40. The smallest absolute Gasteiger partial charge is 0.329 e. The van der Waals surface area contributed by atoms with Crippen molar-refractivity contribution in [2.24, 2.45) is 0 Å². The molecular weight excluding hydrogens is 522 g/mol. The van der Waals surface area contributed by atoms with Gasteiger partial charge in [-0.15, -0.1) is 11.3 Å². The maximum atomic E-state index is 13.6. The maximum Gasteiger partial charge on any atom is 0.329 e. The third-order valence-corrected chi connectivity index (χ3v) is 7.42. The van der Waals surface area contributed by atoms with Gasteiger partial charge in [-0.1, -0.05) is 0 Å². The van der Waals surface area contributed by atoms with Gasteiger partial charge in [0.25, 0.3) is 5.91 Å². The molecule has 0 spiro atoms. The molecule has 1 unspecified atom stereocenters. The summed E-state index contributed by atoms with van der Waals surface area (Å²) >= 11 is 1.47. The van der Waals surface area contributed by atoms with Gasteiger partial charge in [-0.3, -0.25) is 15.0 Å². The quantitative estimate of drug-likeness (QED) is 0.455. The summed E-state index contributed by atoms with van der Waals surface area (Å²) in [6.45, 7) is 6.31. The fraction of sp³-hybridized carbons (Fsp3) is 0.423. The molecule has 0 saturated carbocycles. The van der Waals surface area contributed by atoms with E-state index in [9.17, 15) is 9.59 Å². The van der Waals surface area contributed by atoms with E-state index in [1.54, 1.807) is 34.8 Å². The van der Waals surface area contributed by atoms with Crippen LogP contribution in [-0.4, -0.2) is 71.1 Å². The molecule has 2 saturated heterocycles. The normalized spacial score (nSPS) is 21.0. The molecule has 6 heterocycles. The van der Waals surface area contributed by atoms with Gasteiger partial charge in [-0.05, 0) is 38.5 Å². The van der Waals surface area contributed by atoms with E-state index < -0.39 is 5.79 Å². The van der Waals surface area contributed by atoms with Crippen LogP contribution in [0, 0.1) is 0 Å². The van der Waals surface area contributed by atoms with Crippen LogP contribution in [0.2, 0.25) is 0 Å². The van der Waals surface area contributed by atoms with E-state index in [2.05, 4.69) is 30.5 Å². The van der Waals surface area contributed by atoms with Gasteiger partial charge >= 0.3 is 6.03 Å². The van der Waals surface area contributed by atoms with Crippen molar-refractivity contribution in [3.05, 3.63) is 52.7 Å². The Labute approximate surface area is 229 Å². The molecule has 0 radical (unpaired) electrons. The summed E-state index contributed by atoms with van der Waals surface area (Å²) in [5.41, 5.74) is 3.55. The van der Waals surface area contributed by atoms with Gasteiger partial charge in [-0.25, -0.2) is 19.7 Å². The highest BCUT2D eigenvalue weighted by molar-refractivity contribution is 7.07. The van der Waals surface area contributed by atoms with Gasteiger partial charge in [0, 0.05) is 30.7 Å². The minimum absolute atomic E-state index is 0.0689. The van der Waals surface area contributed by atoms with E-state index in [1.807, 2.05) is 25.3 Å². The van der Waals surface area contributed by atoms with Gasteiger partial charge in [0.2, 0.25) is 0 Å². The second-order valence-corrected chi connectivity index (χ2v) is 10.7. The van der Waals surface area contributed by atoms with E-state index in [0.717, 1.165) is 24.3 Å². The lowest BCUT2D eigenvalue weighted by Crippen LogP contribution is -2.48. The Morgan fingerprint density at radius 1 is 1.26 bits per heavy atom. The largest absolute Gasteiger partial charge is 0.491 e. The number of ether oxygens (including phenoxy) is 3. The van der Waals surface area contributed by atoms with Crippen LogP contribution in [0.15, 0.2) is 41.4 Å². The monoisotopic (exact) mass is 551 g/mol. The van der Waals surface area contributed by atoms with Crippen molar-refractivity contribution in [2.45, 2.75) is 44.7 Å². The van der Waals surface area contributed by atoms with E-state index in [4.69, 9.17) is 14.2 Å². The van der Waals surface area contributed by atoms with Crippen molar-refractivity contribution in [1.29, 1.82) is 0 Å². The number of nitrogens with one attached hydrogen (secondary N) is 2. The number of hydrogen-bond donors (Lipinski definition) is 2. The van der Waals surface area contributed by atoms with Crippen molar-refractivity contribution in [1.82, 2.24) is 20.3 Å². The molecule has 39 heavy (non-hydrogen) atoms. The van der Waals surface area contributed by atoms with Crippen molar-refractivity contribution in [3.63, 3.8) is 0 Å². The molecule has 2 bridgehead atoms. The molecule has 2 atom stereocenters.